The fourth-order valence-electron chi connectivity index (χ4n) is 5.87. The summed E-state index contributed by atoms with van der Waals surface area (Å²) in [7, 11) is 1.25. The van der Waals surface area contributed by atoms with E-state index in [1.807, 2.05) is 106 Å². The molecule has 2 atom stereocenters. The van der Waals surface area contributed by atoms with Gasteiger partial charge in [0.25, 0.3) is 5.91 Å². The number of nitrogens with zero attached hydrogens (tertiary/aromatic N) is 2. The summed E-state index contributed by atoms with van der Waals surface area (Å²) < 4.78 is 4.74. The van der Waals surface area contributed by atoms with Crippen LogP contribution in [0.15, 0.2) is 103 Å². The number of aliphatic hydroxyl groups excluding tert-OH is 1. The van der Waals surface area contributed by atoms with Crippen molar-refractivity contribution < 1.29 is 24.2 Å². The van der Waals surface area contributed by atoms with Crippen LogP contribution in [0.25, 0.3) is 11.3 Å². The number of ether oxygens (including phenoxy) is 1. The van der Waals surface area contributed by atoms with Gasteiger partial charge in [0.2, 0.25) is 5.91 Å². The largest absolute Gasteiger partial charge is 0.453 e. The number of rotatable bonds is 12. The first-order chi connectivity index (χ1) is 23.9. The molecule has 10 nitrogen and oxygen atoms in total. The molecule has 3 amide bonds. The molecule has 1 aliphatic rings. The normalized spacial score (nSPS) is 13.7. The molecule has 10 heteroatoms. The summed E-state index contributed by atoms with van der Waals surface area (Å²) in [5, 5.41) is 13.6. The lowest BCUT2D eigenvalue weighted by Gasteiger charge is -2.33. The molecule has 0 bridgehead atoms. The van der Waals surface area contributed by atoms with Crippen LogP contribution < -0.4 is 16.5 Å². The van der Waals surface area contributed by atoms with E-state index in [0.717, 1.165) is 35.2 Å². The van der Waals surface area contributed by atoms with Gasteiger partial charge in [0.1, 0.15) is 6.04 Å². The van der Waals surface area contributed by atoms with E-state index in [-0.39, 0.29) is 12.0 Å². The summed E-state index contributed by atoms with van der Waals surface area (Å²) >= 11 is 0. The number of pyridine rings is 1. The molecule has 1 aromatic heterocycles. The third-order valence-electron chi connectivity index (χ3n) is 8.64. The zero-order valence-electron chi connectivity index (χ0n) is 29.3. The highest BCUT2D eigenvalue weighted by Crippen LogP contribution is 2.22. The van der Waals surface area contributed by atoms with Crippen molar-refractivity contribution in [2.75, 3.05) is 13.7 Å². The second-order valence-corrected chi connectivity index (χ2v) is 13.7. The van der Waals surface area contributed by atoms with Crippen LogP contribution in [0.3, 0.4) is 0 Å². The second-order valence-electron chi connectivity index (χ2n) is 13.7. The Balaban J connectivity index is 0.000000474. The molecule has 0 radical (unpaired) electrons. The summed E-state index contributed by atoms with van der Waals surface area (Å²) in [6.07, 6.45) is 3.55. The van der Waals surface area contributed by atoms with Gasteiger partial charge in [0.15, 0.2) is 0 Å². The number of hydrazine groups is 1. The smallest absolute Gasteiger partial charge is 0.407 e. The first-order valence-corrected chi connectivity index (χ1v) is 16.9. The molecule has 0 fully saturated rings. The van der Waals surface area contributed by atoms with Crippen LogP contribution in [0, 0.1) is 11.3 Å². The van der Waals surface area contributed by atoms with E-state index in [4.69, 9.17) is 10.5 Å². The number of methoxy groups -OCH3 is 1. The summed E-state index contributed by atoms with van der Waals surface area (Å²) in [6, 6.07) is 30.7. The van der Waals surface area contributed by atoms with Crippen molar-refractivity contribution in [2.45, 2.75) is 65.1 Å². The number of benzene rings is 3. The molecule has 0 spiro atoms. The number of fused-ring (bicyclic) bond motifs is 1. The van der Waals surface area contributed by atoms with Crippen LogP contribution in [0.2, 0.25) is 0 Å². The van der Waals surface area contributed by atoms with Crippen LogP contribution in [-0.2, 0) is 40.1 Å². The Labute approximate surface area is 295 Å². The molecule has 50 heavy (non-hydrogen) atoms. The van der Waals surface area contributed by atoms with Crippen molar-refractivity contribution in [3.8, 4) is 11.3 Å². The fraction of sp³-hybridized carbons (Fsp3) is 0.350. The molecule has 5 rings (SSSR count). The van der Waals surface area contributed by atoms with E-state index in [2.05, 4.69) is 27.9 Å². The lowest BCUT2D eigenvalue weighted by Crippen LogP contribution is -2.57. The predicted octanol–water partition coefficient (Wildman–Crippen LogP) is 5.23. The number of hydrogen-bond acceptors (Lipinski definition) is 7. The van der Waals surface area contributed by atoms with Crippen molar-refractivity contribution in [1.82, 2.24) is 20.7 Å². The van der Waals surface area contributed by atoms with Crippen LogP contribution in [-0.4, -0.2) is 58.8 Å². The summed E-state index contributed by atoms with van der Waals surface area (Å²) in [6.45, 7) is 6.31. The first-order valence-electron chi connectivity index (χ1n) is 16.9. The van der Waals surface area contributed by atoms with Crippen molar-refractivity contribution in [3.05, 3.63) is 126 Å². The lowest BCUT2D eigenvalue weighted by molar-refractivity contribution is -0.130. The lowest BCUT2D eigenvalue weighted by atomic mass is 9.86. The zero-order chi connectivity index (χ0) is 36.1. The van der Waals surface area contributed by atoms with Gasteiger partial charge in [-0.3, -0.25) is 20.0 Å². The molecular weight excluding hydrogens is 630 g/mol. The Hall–Kier alpha value is -5.06. The number of alkyl carbamates (subject to hydrolysis) is 1. The number of carbonyl (C=O) groups excluding carboxylic acids is 3. The Morgan fingerprint density at radius 2 is 1.52 bits per heavy atom. The highest BCUT2D eigenvalue weighted by Gasteiger charge is 2.34. The zero-order valence-corrected chi connectivity index (χ0v) is 29.3. The molecule has 4 aromatic rings. The highest BCUT2D eigenvalue weighted by molar-refractivity contribution is 5.86. The molecule has 1 aliphatic carbocycles. The number of aliphatic hydroxyl groups is 1. The summed E-state index contributed by atoms with van der Waals surface area (Å²) in [4.78, 5) is 42.1. The molecule has 3 aromatic carbocycles. The van der Waals surface area contributed by atoms with E-state index in [1.54, 1.807) is 11.2 Å². The standard InChI is InChI=1S/C31H39N5O4.C9H10O/c1-31(2,3)27(34-30(39)40-4)29(38)35-36(19-17-25(28(32)37)20-22-10-6-5-7-11-22)21-23-13-15-24(16-14-23)26-12-8-9-18-33-26;10-9-5-7-3-1-2-4-8(7)6-9/h5-16,18,25,27H,17,19-21H2,1-4H3,(H2,32,37)(H,34,39)(H,35,38);1-4,9-10H,5-6H2. The molecular formula is C40H49N5O5. The first kappa shape index (κ1) is 37.8. The fourth-order valence-corrected chi connectivity index (χ4v) is 5.87. The van der Waals surface area contributed by atoms with Gasteiger partial charge < -0.3 is 20.9 Å². The minimum absolute atomic E-state index is 0.127. The molecule has 2 unspecified atom stereocenters. The highest BCUT2D eigenvalue weighted by atomic mass is 16.5. The quantitative estimate of drug-likeness (QED) is 0.150. The Morgan fingerprint density at radius 3 is 2.08 bits per heavy atom. The van der Waals surface area contributed by atoms with Crippen molar-refractivity contribution in [2.24, 2.45) is 17.1 Å². The number of aromatic nitrogens is 1. The molecule has 0 saturated carbocycles. The van der Waals surface area contributed by atoms with Crippen LogP contribution in [0.4, 0.5) is 4.79 Å². The van der Waals surface area contributed by atoms with Gasteiger partial charge in [-0.15, -0.1) is 0 Å². The number of primary amides is 1. The topological polar surface area (TPSA) is 147 Å². The monoisotopic (exact) mass is 679 g/mol. The summed E-state index contributed by atoms with van der Waals surface area (Å²) in [5.41, 5.74) is 14.6. The van der Waals surface area contributed by atoms with E-state index in [0.29, 0.717) is 25.9 Å². The summed E-state index contributed by atoms with van der Waals surface area (Å²) in [5.74, 6) is -1.20. The average Bonchev–Trinajstić information content (AvgIpc) is 3.49. The van der Waals surface area contributed by atoms with E-state index in [9.17, 15) is 19.5 Å². The van der Waals surface area contributed by atoms with Crippen LogP contribution in [0.5, 0.6) is 0 Å². The van der Waals surface area contributed by atoms with Crippen molar-refractivity contribution in [3.63, 3.8) is 0 Å². The second kappa shape index (κ2) is 18.1. The third-order valence-corrected chi connectivity index (χ3v) is 8.64. The Morgan fingerprint density at radius 1 is 0.900 bits per heavy atom. The Bertz CT molecular complexity index is 1650. The van der Waals surface area contributed by atoms with Gasteiger partial charge >= 0.3 is 6.09 Å². The van der Waals surface area contributed by atoms with Crippen molar-refractivity contribution in [1.29, 1.82) is 0 Å². The Kier molecular flexibility index (Phi) is 13.7. The number of carbonyl (C=O) groups is 3. The number of nitrogens with two attached hydrogens (primary N) is 1. The third kappa shape index (κ3) is 11.5. The van der Waals surface area contributed by atoms with Crippen LogP contribution in [0.1, 0.15) is 49.4 Å². The molecule has 5 N–H and O–H groups in total. The van der Waals surface area contributed by atoms with E-state index >= 15 is 0 Å². The minimum atomic E-state index is -0.856. The van der Waals surface area contributed by atoms with Gasteiger partial charge in [0.05, 0.1) is 18.9 Å². The molecule has 0 aliphatic heterocycles. The predicted molar refractivity (Wildman–Crippen MR) is 194 cm³/mol. The maximum Gasteiger partial charge on any atom is 0.407 e. The van der Waals surface area contributed by atoms with E-state index in [1.165, 1.54) is 18.2 Å². The molecule has 1 heterocycles. The number of amides is 3. The van der Waals surface area contributed by atoms with Gasteiger partial charge in [0, 0.05) is 30.8 Å². The average molecular weight is 680 g/mol. The molecule has 0 saturated heterocycles. The van der Waals surface area contributed by atoms with Gasteiger partial charge in [-0.05, 0) is 65.5 Å². The van der Waals surface area contributed by atoms with Gasteiger partial charge in [-0.25, -0.2) is 9.80 Å². The van der Waals surface area contributed by atoms with Gasteiger partial charge in [-0.1, -0.05) is 106 Å². The SMILES string of the molecule is COC(=O)NC(C(=O)NN(CCC(Cc1ccccc1)C(N)=O)Cc1ccc(-c2ccccn2)cc1)C(C)(C)C.OC1Cc2ccccc2C1. The van der Waals surface area contributed by atoms with Crippen LogP contribution >= 0.6 is 0 Å². The minimum Gasteiger partial charge on any atom is -0.453 e. The van der Waals surface area contributed by atoms with Crippen molar-refractivity contribution >= 4 is 17.9 Å². The van der Waals surface area contributed by atoms with Gasteiger partial charge in [-0.2, -0.15) is 0 Å². The maximum atomic E-state index is 13.4. The van der Waals surface area contributed by atoms with E-state index < -0.39 is 29.4 Å². The maximum absolute atomic E-state index is 13.4. The number of hydrogen-bond donors (Lipinski definition) is 4. The number of nitrogens with one attached hydrogen (secondary N) is 2. The molecule has 264 valence electrons.